The number of nitrogens with zero attached hydrogens (tertiary/aromatic N) is 4. The Balaban J connectivity index is 4.41. The number of hydrogen-bond donors (Lipinski definition) is 0. The maximum atomic E-state index is 10.5. The van der Waals surface area contributed by atoms with Gasteiger partial charge in [0.05, 0.1) is 13.8 Å². The molecule has 14 heteroatoms. The minimum atomic E-state index is -2.61. The molecule has 0 unspecified atom stereocenters. The largest absolute Gasteiger partial charge is 0.478 e. The van der Waals surface area contributed by atoms with Crippen LogP contribution in [0.4, 0.5) is 0 Å². The van der Waals surface area contributed by atoms with Crippen LogP contribution < -0.4 is 0 Å². The molecule has 0 aliphatic rings. The summed E-state index contributed by atoms with van der Waals surface area (Å²) in [5.41, 5.74) is -5.22. The first-order chi connectivity index (χ1) is 9.48. The average molecular weight is 312 g/mol. The highest BCUT2D eigenvalue weighted by atomic mass is 16.7. The van der Waals surface area contributed by atoms with Crippen molar-refractivity contribution in [1.82, 2.24) is 0 Å². The molecule has 0 N–H and O–H groups in total. The first-order valence-electron chi connectivity index (χ1n) is 5.22. The third-order valence-electron chi connectivity index (χ3n) is 2.49. The lowest BCUT2D eigenvalue weighted by molar-refractivity contribution is -0.796. The van der Waals surface area contributed by atoms with E-state index >= 15 is 0 Å². The molecule has 0 radical (unpaired) electrons. The topological polar surface area (TPSA) is 191 Å². The average Bonchev–Trinajstić information content (AvgIpc) is 2.36. The lowest BCUT2D eigenvalue weighted by Gasteiger charge is -2.14. The van der Waals surface area contributed by atoms with Crippen molar-refractivity contribution in [3.05, 3.63) is 40.5 Å². The molecule has 0 fully saturated rings. The Morgan fingerprint density at radius 1 is 0.714 bits per heavy atom. The van der Waals surface area contributed by atoms with Crippen molar-refractivity contribution in [3.63, 3.8) is 0 Å². The third-order valence-corrected chi connectivity index (χ3v) is 2.49. The SMILES string of the molecule is CC(COCOCC(C)([N+](=O)[O-])[N+](=O)[O-])([N+](=O)[O-])[N+](=O)[O-]. The Hall–Kier alpha value is -2.48. The van der Waals surface area contributed by atoms with Crippen LogP contribution in [0.15, 0.2) is 0 Å². The molecule has 0 bridgehead atoms. The summed E-state index contributed by atoms with van der Waals surface area (Å²) in [5.74, 6) is 0. The van der Waals surface area contributed by atoms with Gasteiger partial charge in [0.25, 0.3) is 0 Å². The van der Waals surface area contributed by atoms with E-state index in [9.17, 15) is 40.5 Å². The summed E-state index contributed by atoms with van der Waals surface area (Å²) in [6.07, 6.45) is 0. The van der Waals surface area contributed by atoms with E-state index in [1.54, 1.807) is 0 Å². The van der Waals surface area contributed by atoms with Crippen LogP contribution in [0.2, 0.25) is 0 Å². The van der Waals surface area contributed by atoms with E-state index in [1.165, 1.54) is 0 Å². The van der Waals surface area contributed by atoms with Gasteiger partial charge in [-0.15, -0.1) is 0 Å². The highest BCUT2D eigenvalue weighted by Gasteiger charge is 2.52. The van der Waals surface area contributed by atoms with E-state index in [0.717, 1.165) is 0 Å². The molecule has 0 aromatic rings. The Bertz CT molecular complexity index is 383. The van der Waals surface area contributed by atoms with Gasteiger partial charge in [-0.05, 0) is 0 Å². The summed E-state index contributed by atoms with van der Waals surface area (Å²) < 4.78 is 9.05. The molecule has 0 spiro atoms. The first kappa shape index (κ1) is 18.5. The molecule has 0 heterocycles. The molecule has 0 amide bonds. The summed E-state index contributed by atoms with van der Waals surface area (Å²) in [5, 5.41) is 42.1. The fourth-order valence-corrected chi connectivity index (χ4v) is 0.873. The first-order valence-corrected chi connectivity index (χ1v) is 5.22. The predicted octanol–water partition coefficient (Wildman–Crippen LogP) is -0.484. The standard InChI is InChI=1S/C7H12N4O10/c1-6(8(12)13,9(14)15)3-20-5-21-4-7(2,10(16)17)11(18)19/h3-5H2,1-2H3. The van der Waals surface area contributed by atoms with E-state index < -0.39 is 51.0 Å². The molecule has 120 valence electrons. The molecule has 0 saturated carbocycles. The highest BCUT2D eigenvalue weighted by molar-refractivity contribution is 4.59. The summed E-state index contributed by atoms with van der Waals surface area (Å²) in [4.78, 5) is 37.4. The monoisotopic (exact) mass is 312 g/mol. The van der Waals surface area contributed by atoms with Gasteiger partial charge >= 0.3 is 11.3 Å². The van der Waals surface area contributed by atoms with Gasteiger partial charge in [-0.25, -0.2) is 0 Å². The Morgan fingerprint density at radius 3 is 1.14 bits per heavy atom. The molecule has 0 atom stereocenters. The summed E-state index contributed by atoms with van der Waals surface area (Å²) in [6, 6.07) is 0. The van der Waals surface area contributed by atoms with Crippen LogP contribution in [-0.4, -0.2) is 51.0 Å². The molecule has 21 heavy (non-hydrogen) atoms. The van der Waals surface area contributed by atoms with Crippen LogP contribution in [0.5, 0.6) is 0 Å². The summed E-state index contributed by atoms with van der Waals surface area (Å²) in [6.45, 7) is -1.36. The number of nitro groups is 4. The van der Waals surface area contributed by atoms with Crippen LogP contribution in [0.3, 0.4) is 0 Å². The molecule has 0 rings (SSSR count). The second-order valence-corrected chi connectivity index (χ2v) is 4.28. The van der Waals surface area contributed by atoms with Gasteiger partial charge in [0.1, 0.15) is 26.5 Å². The molecular weight excluding hydrogens is 300 g/mol. The predicted molar refractivity (Wildman–Crippen MR) is 61.6 cm³/mol. The molecule has 0 saturated heterocycles. The van der Waals surface area contributed by atoms with E-state index in [0.29, 0.717) is 13.8 Å². The molecule has 0 aromatic heterocycles. The molecular formula is C7H12N4O10. The molecule has 0 aromatic carbocycles. The number of rotatable bonds is 10. The lowest BCUT2D eigenvalue weighted by Crippen LogP contribution is -2.48. The molecule has 0 aliphatic heterocycles. The van der Waals surface area contributed by atoms with E-state index in [2.05, 4.69) is 9.47 Å². The quantitative estimate of drug-likeness (QED) is 0.220. The highest BCUT2D eigenvalue weighted by Crippen LogP contribution is 2.12. The summed E-state index contributed by atoms with van der Waals surface area (Å²) in [7, 11) is 0. The lowest BCUT2D eigenvalue weighted by atomic mass is 10.2. The second-order valence-electron chi connectivity index (χ2n) is 4.28. The smallest absolute Gasteiger partial charge is 0.340 e. The molecule has 14 nitrogen and oxygen atoms in total. The van der Waals surface area contributed by atoms with Crippen LogP contribution >= 0.6 is 0 Å². The number of hydrogen-bond acceptors (Lipinski definition) is 10. The third kappa shape index (κ3) is 4.25. The van der Waals surface area contributed by atoms with Crippen molar-refractivity contribution >= 4 is 0 Å². The Morgan fingerprint density at radius 2 is 0.952 bits per heavy atom. The van der Waals surface area contributed by atoms with E-state index in [4.69, 9.17) is 0 Å². The van der Waals surface area contributed by atoms with Crippen molar-refractivity contribution in [2.45, 2.75) is 25.2 Å². The van der Waals surface area contributed by atoms with E-state index in [-0.39, 0.29) is 0 Å². The van der Waals surface area contributed by atoms with Gasteiger partial charge in [0.15, 0.2) is 13.2 Å². The minimum Gasteiger partial charge on any atom is -0.340 e. The van der Waals surface area contributed by atoms with Gasteiger partial charge < -0.3 is 9.47 Å². The number of ether oxygens (including phenoxy) is 2. The van der Waals surface area contributed by atoms with Crippen molar-refractivity contribution in [2.75, 3.05) is 20.0 Å². The van der Waals surface area contributed by atoms with Crippen molar-refractivity contribution in [2.24, 2.45) is 0 Å². The van der Waals surface area contributed by atoms with Crippen LogP contribution in [0.25, 0.3) is 0 Å². The molecule has 0 aliphatic carbocycles. The van der Waals surface area contributed by atoms with Gasteiger partial charge in [0, 0.05) is 0 Å². The van der Waals surface area contributed by atoms with E-state index in [1.807, 2.05) is 0 Å². The van der Waals surface area contributed by atoms with Gasteiger partial charge in [0.2, 0.25) is 0 Å². The van der Waals surface area contributed by atoms with Gasteiger partial charge in [-0.1, -0.05) is 0 Å². The zero-order valence-electron chi connectivity index (χ0n) is 11.0. The van der Waals surface area contributed by atoms with Crippen molar-refractivity contribution in [3.8, 4) is 0 Å². The fourth-order valence-electron chi connectivity index (χ4n) is 0.873. The van der Waals surface area contributed by atoms with Crippen LogP contribution in [0.1, 0.15) is 13.8 Å². The Kier molecular flexibility index (Phi) is 6.00. The zero-order valence-corrected chi connectivity index (χ0v) is 11.0. The van der Waals surface area contributed by atoms with Gasteiger partial charge in [-0.3, -0.25) is 40.5 Å². The maximum Gasteiger partial charge on any atom is 0.478 e. The minimum absolute atomic E-state index is 0.700. The van der Waals surface area contributed by atoms with Gasteiger partial charge in [-0.2, -0.15) is 0 Å². The zero-order chi connectivity index (χ0) is 16.8. The maximum absolute atomic E-state index is 10.5. The van der Waals surface area contributed by atoms with Crippen molar-refractivity contribution < 1.29 is 29.2 Å². The van der Waals surface area contributed by atoms with Crippen LogP contribution in [-0.2, 0) is 9.47 Å². The Labute approximate surface area is 116 Å². The van der Waals surface area contributed by atoms with Crippen molar-refractivity contribution in [1.29, 1.82) is 0 Å². The van der Waals surface area contributed by atoms with Crippen LogP contribution in [0, 0.1) is 40.5 Å². The second kappa shape index (κ2) is 6.80. The normalized spacial score (nSPS) is 11.9. The summed E-state index contributed by atoms with van der Waals surface area (Å²) >= 11 is 0. The fraction of sp³-hybridized carbons (Fsp3) is 1.00.